The molecule has 260 valence electrons. The molecule has 48 heavy (non-hydrogen) atoms. The molecular weight excluding hydrogens is 608 g/mol. The van der Waals surface area contributed by atoms with Gasteiger partial charge in [0.15, 0.2) is 11.5 Å². The predicted octanol–water partition coefficient (Wildman–Crippen LogP) is 8.67. The van der Waals surface area contributed by atoms with E-state index in [1.54, 1.807) is 42.5 Å². The van der Waals surface area contributed by atoms with Crippen LogP contribution in [0.15, 0.2) is 66.8 Å². The third kappa shape index (κ3) is 10.6. The summed E-state index contributed by atoms with van der Waals surface area (Å²) in [4.78, 5) is 38.4. The molecule has 0 bridgehead atoms. The van der Waals surface area contributed by atoms with Gasteiger partial charge in [0.1, 0.15) is 5.75 Å². The van der Waals surface area contributed by atoms with Crippen LogP contribution in [-0.2, 0) is 23.9 Å². The normalized spacial score (nSPS) is 20.8. The molecule has 0 saturated heterocycles. The zero-order valence-corrected chi connectivity index (χ0v) is 28.9. The second-order valence-electron chi connectivity index (χ2n) is 13.3. The van der Waals surface area contributed by atoms with Crippen molar-refractivity contribution in [1.29, 1.82) is 0 Å². The van der Waals surface area contributed by atoms with Gasteiger partial charge in [-0.05, 0) is 91.7 Å². The second kappa shape index (κ2) is 18.7. The fourth-order valence-corrected chi connectivity index (χ4v) is 7.03. The molecule has 0 radical (unpaired) electrons. The first-order valence-corrected chi connectivity index (χ1v) is 17.5. The molecule has 8 nitrogen and oxygen atoms in total. The van der Waals surface area contributed by atoms with Crippen LogP contribution < -0.4 is 14.2 Å². The topological polar surface area (TPSA) is 97.4 Å². The van der Waals surface area contributed by atoms with Gasteiger partial charge in [0.2, 0.25) is 0 Å². The summed E-state index contributed by atoms with van der Waals surface area (Å²) in [5.41, 5.74) is 1.86. The van der Waals surface area contributed by atoms with E-state index in [1.807, 2.05) is 0 Å². The molecule has 0 atom stereocenters. The highest BCUT2D eigenvalue weighted by Crippen LogP contribution is 2.43. The molecule has 0 unspecified atom stereocenters. The highest BCUT2D eigenvalue weighted by molar-refractivity contribution is 5.91. The molecule has 0 spiro atoms. The van der Waals surface area contributed by atoms with Crippen molar-refractivity contribution in [2.45, 2.75) is 84.0 Å². The fraction of sp³-hybridized carbons (Fsp3) is 0.525. The molecule has 0 aromatic heterocycles. The van der Waals surface area contributed by atoms with E-state index in [0.717, 1.165) is 48.6 Å². The summed E-state index contributed by atoms with van der Waals surface area (Å²) in [7, 11) is 2.95. The molecule has 4 rings (SSSR count). The summed E-state index contributed by atoms with van der Waals surface area (Å²) >= 11 is 0. The van der Waals surface area contributed by atoms with Gasteiger partial charge >= 0.3 is 17.9 Å². The minimum absolute atomic E-state index is 0.0194. The highest BCUT2D eigenvalue weighted by atomic mass is 16.6. The van der Waals surface area contributed by atoms with Crippen LogP contribution in [-0.4, -0.2) is 45.3 Å². The number of carbonyl (C=O) groups is 3. The van der Waals surface area contributed by atoms with E-state index in [9.17, 15) is 14.4 Å². The lowest BCUT2D eigenvalue weighted by Gasteiger charge is -2.37. The third-order valence-corrected chi connectivity index (χ3v) is 9.85. The van der Waals surface area contributed by atoms with Crippen molar-refractivity contribution in [1.82, 2.24) is 0 Å². The van der Waals surface area contributed by atoms with Gasteiger partial charge in [0.25, 0.3) is 0 Å². The van der Waals surface area contributed by atoms with E-state index in [0.29, 0.717) is 11.7 Å². The van der Waals surface area contributed by atoms with Crippen molar-refractivity contribution in [3.63, 3.8) is 0 Å². The maximum Gasteiger partial charge on any atom is 0.341 e. The molecule has 0 heterocycles. The molecule has 2 saturated carbocycles. The lowest BCUT2D eigenvalue weighted by atomic mass is 9.68. The molecule has 2 aliphatic rings. The van der Waals surface area contributed by atoms with E-state index in [1.165, 1.54) is 65.6 Å². The average molecular weight is 661 g/mol. The number of unbranched alkanes of at least 4 members (excludes halogenated alkanes) is 2. The van der Waals surface area contributed by atoms with Gasteiger partial charge in [-0.3, -0.25) is 4.79 Å². The fourth-order valence-electron chi connectivity index (χ4n) is 7.03. The van der Waals surface area contributed by atoms with Crippen LogP contribution in [0, 0.1) is 23.7 Å². The standard InChI is InChI=1S/C40H52O8/c1-6-7-8-9-29-10-12-30(13-11-29)31-14-16-33(17-15-31)40(43)48-37-24-34(20-23-36(37)47-39(42)28(3)26-45-5)32-18-21-35(22-19-32)46-38(41)27(2)25-44-4/h18-24,29-31,33H,2-3,6-17,25-26H2,1,4-5H3. The minimum atomic E-state index is -0.663. The summed E-state index contributed by atoms with van der Waals surface area (Å²) in [6, 6.07) is 12.0. The van der Waals surface area contributed by atoms with Crippen molar-refractivity contribution < 1.29 is 38.1 Å². The Balaban J connectivity index is 1.41. The Morgan fingerprint density at radius 1 is 0.667 bits per heavy atom. The molecule has 2 fully saturated rings. The van der Waals surface area contributed by atoms with E-state index >= 15 is 0 Å². The zero-order chi connectivity index (χ0) is 34.5. The Hall–Kier alpha value is -3.75. The summed E-state index contributed by atoms with van der Waals surface area (Å²) in [6.07, 6.45) is 14.4. The van der Waals surface area contributed by atoms with E-state index in [2.05, 4.69) is 20.1 Å². The Morgan fingerprint density at radius 3 is 1.81 bits per heavy atom. The van der Waals surface area contributed by atoms with Crippen LogP contribution in [0.4, 0.5) is 0 Å². The molecule has 0 aliphatic heterocycles. The first-order chi connectivity index (χ1) is 23.2. The monoisotopic (exact) mass is 660 g/mol. The average Bonchev–Trinajstić information content (AvgIpc) is 3.10. The first-order valence-electron chi connectivity index (χ1n) is 17.5. The van der Waals surface area contributed by atoms with Crippen molar-refractivity contribution >= 4 is 17.9 Å². The number of ether oxygens (including phenoxy) is 5. The largest absolute Gasteiger partial charge is 0.423 e. The number of benzene rings is 2. The van der Waals surface area contributed by atoms with E-state index < -0.39 is 11.9 Å². The maximum atomic E-state index is 13.5. The Labute approximate surface area is 285 Å². The molecule has 8 heteroatoms. The number of methoxy groups -OCH3 is 2. The quantitative estimate of drug-likeness (QED) is 0.0764. The van der Waals surface area contributed by atoms with Gasteiger partial charge in [-0.25, -0.2) is 9.59 Å². The summed E-state index contributed by atoms with van der Waals surface area (Å²) in [5.74, 6) is 1.23. The van der Waals surface area contributed by atoms with Crippen molar-refractivity contribution in [3.05, 3.63) is 66.8 Å². The summed E-state index contributed by atoms with van der Waals surface area (Å²) in [6.45, 7) is 9.77. The van der Waals surface area contributed by atoms with Crippen molar-refractivity contribution in [2.24, 2.45) is 23.7 Å². The van der Waals surface area contributed by atoms with Crippen LogP contribution in [0.5, 0.6) is 17.2 Å². The maximum absolute atomic E-state index is 13.5. The van der Waals surface area contributed by atoms with Gasteiger partial charge < -0.3 is 23.7 Å². The predicted molar refractivity (Wildman–Crippen MR) is 186 cm³/mol. The van der Waals surface area contributed by atoms with Crippen LogP contribution in [0.1, 0.15) is 84.0 Å². The Morgan fingerprint density at radius 2 is 1.23 bits per heavy atom. The Kier molecular flexibility index (Phi) is 14.4. The molecule has 0 N–H and O–H groups in total. The van der Waals surface area contributed by atoms with Gasteiger partial charge in [0.05, 0.1) is 30.3 Å². The second-order valence-corrected chi connectivity index (χ2v) is 13.3. The number of hydrogen-bond donors (Lipinski definition) is 0. The SMILES string of the molecule is C=C(COC)C(=O)Oc1ccc(-c2ccc(OC(=O)C(=C)COC)c(OC(=O)C3CCC(C4CCC(CCCCC)CC4)CC3)c2)cc1. The minimum Gasteiger partial charge on any atom is -0.423 e. The smallest absolute Gasteiger partial charge is 0.341 e. The number of esters is 3. The van der Waals surface area contributed by atoms with Gasteiger partial charge in [-0.15, -0.1) is 0 Å². The van der Waals surface area contributed by atoms with Crippen LogP contribution >= 0.6 is 0 Å². The van der Waals surface area contributed by atoms with Gasteiger partial charge in [0, 0.05) is 14.2 Å². The van der Waals surface area contributed by atoms with Gasteiger partial charge in [-0.1, -0.05) is 76.8 Å². The van der Waals surface area contributed by atoms with Crippen LogP contribution in [0.25, 0.3) is 11.1 Å². The lowest BCUT2D eigenvalue weighted by molar-refractivity contribution is -0.141. The number of hydrogen-bond acceptors (Lipinski definition) is 8. The van der Waals surface area contributed by atoms with Gasteiger partial charge in [-0.2, -0.15) is 0 Å². The highest BCUT2D eigenvalue weighted by Gasteiger charge is 2.34. The summed E-state index contributed by atoms with van der Waals surface area (Å²) in [5, 5.41) is 0. The lowest BCUT2D eigenvalue weighted by Crippen LogP contribution is -2.30. The number of rotatable bonds is 16. The Bertz CT molecular complexity index is 1390. The zero-order valence-electron chi connectivity index (χ0n) is 28.9. The molecule has 2 aliphatic carbocycles. The summed E-state index contributed by atoms with van der Waals surface area (Å²) < 4.78 is 26.9. The third-order valence-electron chi connectivity index (χ3n) is 9.85. The van der Waals surface area contributed by atoms with Crippen molar-refractivity contribution in [3.8, 4) is 28.4 Å². The molecule has 2 aromatic rings. The molecule has 0 amide bonds. The van der Waals surface area contributed by atoms with E-state index in [4.69, 9.17) is 23.7 Å². The molecular formula is C40H52O8. The van der Waals surface area contributed by atoms with Crippen LogP contribution in [0.3, 0.4) is 0 Å². The first kappa shape index (κ1) is 37.1. The van der Waals surface area contributed by atoms with Crippen LogP contribution in [0.2, 0.25) is 0 Å². The molecule has 2 aromatic carbocycles. The van der Waals surface area contributed by atoms with E-state index in [-0.39, 0.29) is 47.7 Å². The van der Waals surface area contributed by atoms with Crippen molar-refractivity contribution in [2.75, 3.05) is 27.4 Å². The number of carbonyl (C=O) groups excluding carboxylic acids is 3.